The monoisotopic (exact) mass is 519 g/mol. The molecule has 3 aromatic heterocycles. The van der Waals surface area contributed by atoms with E-state index in [2.05, 4.69) is 44.8 Å². The van der Waals surface area contributed by atoms with Crippen LogP contribution in [0.3, 0.4) is 0 Å². The molecule has 5 aromatic rings. The molecule has 0 spiro atoms. The highest BCUT2D eigenvalue weighted by molar-refractivity contribution is 5.96. The molecule has 1 aliphatic rings. The molecule has 1 aliphatic heterocycles. The number of aromatic amines is 1. The van der Waals surface area contributed by atoms with E-state index in [1.54, 1.807) is 16.7 Å². The highest BCUT2D eigenvalue weighted by Crippen LogP contribution is 2.31. The van der Waals surface area contributed by atoms with Gasteiger partial charge in [0.15, 0.2) is 0 Å². The zero-order valence-corrected chi connectivity index (χ0v) is 21.7. The summed E-state index contributed by atoms with van der Waals surface area (Å²) in [6, 6.07) is 20.0. The molecule has 0 saturated carbocycles. The van der Waals surface area contributed by atoms with Crippen molar-refractivity contribution in [3.8, 4) is 22.3 Å². The summed E-state index contributed by atoms with van der Waals surface area (Å²) in [6.07, 6.45) is 7.73. The number of fused-ring (bicyclic) bond motifs is 1. The Labute approximate surface area is 226 Å². The Bertz CT molecular complexity index is 1630. The van der Waals surface area contributed by atoms with Crippen molar-refractivity contribution in [3.63, 3.8) is 0 Å². The Morgan fingerprint density at radius 1 is 0.897 bits per heavy atom. The first-order valence-electron chi connectivity index (χ1n) is 13.0. The minimum atomic E-state index is -0.163. The van der Waals surface area contributed by atoms with Gasteiger partial charge in [-0.15, -0.1) is 0 Å². The lowest BCUT2D eigenvalue weighted by Crippen LogP contribution is -2.51. The van der Waals surface area contributed by atoms with Crippen LogP contribution in [0.2, 0.25) is 0 Å². The second kappa shape index (κ2) is 10.4. The van der Waals surface area contributed by atoms with E-state index < -0.39 is 0 Å². The Morgan fingerprint density at radius 2 is 1.69 bits per heavy atom. The second-order valence-corrected chi connectivity index (χ2v) is 9.74. The number of H-pyrrole nitrogens is 1. The van der Waals surface area contributed by atoms with E-state index in [0.717, 1.165) is 33.3 Å². The van der Waals surface area contributed by atoms with Crippen molar-refractivity contribution in [1.82, 2.24) is 29.5 Å². The number of carbonyl (C=O) groups is 2. The lowest BCUT2D eigenvalue weighted by molar-refractivity contribution is -0.130. The summed E-state index contributed by atoms with van der Waals surface area (Å²) in [5, 5.41) is 8.57. The zero-order chi connectivity index (χ0) is 26.8. The third-order valence-corrected chi connectivity index (χ3v) is 7.12. The molecule has 9 nitrogen and oxygen atoms in total. The minimum absolute atomic E-state index is 0.0416. The number of aromatic nitrogens is 4. The number of hydrogen-bond acceptors (Lipinski definition) is 4. The number of nitrogens with one attached hydrogen (secondary N) is 2. The van der Waals surface area contributed by atoms with Crippen molar-refractivity contribution in [1.29, 1.82) is 0 Å². The molecule has 39 heavy (non-hydrogen) atoms. The molecular weight excluding hydrogens is 490 g/mol. The van der Waals surface area contributed by atoms with Crippen molar-refractivity contribution in [2.45, 2.75) is 13.5 Å². The average molecular weight is 520 g/mol. The van der Waals surface area contributed by atoms with Crippen LogP contribution in [0, 0.1) is 0 Å². The van der Waals surface area contributed by atoms with E-state index in [9.17, 15) is 9.59 Å². The number of anilines is 1. The van der Waals surface area contributed by atoms with Crippen LogP contribution in [0.4, 0.5) is 10.5 Å². The van der Waals surface area contributed by atoms with Gasteiger partial charge in [-0.3, -0.25) is 9.48 Å². The largest absolute Gasteiger partial charge is 0.346 e. The molecular formula is C30H29N7O2. The summed E-state index contributed by atoms with van der Waals surface area (Å²) in [4.78, 5) is 35.8. The van der Waals surface area contributed by atoms with E-state index in [1.165, 1.54) is 5.56 Å². The normalized spacial score (nSPS) is 13.6. The topological polar surface area (TPSA) is 99.2 Å². The van der Waals surface area contributed by atoms with Gasteiger partial charge in [0.05, 0.1) is 12.7 Å². The van der Waals surface area contributed by atoms with Crippen LogP contribution in [0.25, 0.3) is 33.3 Å². The van der Waals surface area contributed by atoms with Crippen molar-refractivity contribution in [2.75, 3.05) is 31.5 Å². The molecule has 3 amide bonds. The maximum absolute atomic E-state index is 12.8. The molecule has 9 heteroatoms. The highest BCUT2D eigenvalue weighted by atomic mass is 16.2. The standard InChI is InChI=1S/C30H29N7O2/c1-21(38)35-10-12-36(13-11-35)30(39)34-26-9-5-8-23(14-26)24-15-27-28(18-32-29(27)31-16-24)25-17-33-37(20-25)19-22-6-3-2-4-7-22/h2-9,14-18,20H,10-13,19H2,1H3,(H,31,32)(H,34,39). The Balaban J connectivity index is 1.20. The summed E-state index contributed by atoms with van der Waals surface area (Å²) in [5.41, 5.74) is 6.67. The highest BCUT2D eigenvalue weighted by Gasteiger charge is 2.22. The number of hydrogen-bond donors (Lipinski definition) is 2. The summed E-state index contributed by atoms with van der Waals surface area (Å²) < 4.78 is 1.94. The molecule has 2 aromatic carbocycles. The van der Waals surface area contributed by atoms with Gasteiger partial charge in [-0.2, -0.15) is 5.10 Å². The summed E-state index contributed by atoms with van der Waals surface area (Å²) >= 11 is 0. The molecule has 0 radical (unpaired) electrons. The first-order valence-corrected chi connectivity index (χ1v) is 13.0. The number of nitrogens with zero attached hydrogens (tertiary/aromatic N) is 5. The van der Waals surface area contributed by atoms with Crippen LogP contribution in [0.1, 0.15) is 12.5 Å². The number of pyridine rings is 1. The number of piperazine rings is 1. The zero-order valence-electron chi connectivity index (χ0n) is 21.7. The maximum Gasteiger partial charge on any atom is 0.321 e. The van der Waals surface area contributed by atoms with Gasteiger partial charge in [-0.25, -0.2) is 9.78 Å². The molecule has 4 heterocycles. The van der Waals surface area contributed by atoms with Gasteiger partial charge in [0.25, 0.3) is 0 Å². The van der Waals surface area contributed by atoms with Gasteiger partial charge in [0.1, 0.15) is 5.65 Å². The van der Waals surface area contributed by atoms with Crippen molar-refractivity contribution in [2.24, 2.45) is 0 Å². The summed E-state index contributed by atoms with van der Waals surface area (Å²) in [6.45, 7) is 4.41. The molecule has 0 bridgehead atoms. The maximum atomic E-state index is 12.8. The molecule has 1 saturated heterocycles. The lowest BCUT2D eigenvalue weighted by atomic mass is 10.0. The number of carbonyl (C=O) groups excluding carboxylic acids is 2. The molecule has 1 fully saturated rings. The van der Waals surface area contributed by atoms with Gasteiger partial charge in [0, 0.05) is 79.5 Å². The van der Waals surface area contributed by atoms with Gasteiger partial charge < -0.3 is 20.1 Å². The number of urea groups is 1. The fourth-order valence-corrected chi connectivity index (χ4v) is 4.96. The Kier molecular flexibility index (Phi) is 6.54. The van der Waals surface area contributed by atoms with Gasteiger partial charge in [-0.05, 0) is 29.3 Å². The molecule has 6 rings (SSSR count). The predicted octanol–water partition coefficient (Wildman–Crippen LogP) is 4.84. The van der Waals surface area contributed by atoms with Gasteiger partial charge in [-0.1, -0.05) is 42.5 Å². The predicted molar refractivity (Wildman–Crippen MR) is 151 cm³/mol. The fourth-order valence-electron chi connectivity index (χ4n) is 4.96. The first-order chi connectivity index (χ1) is 19.0. The van der Waals surface area contributed by atoms with Gasteiger partial charge in [0.2, 0.25) is 5.91 Å². The van der Waals surface area contributed by atoms with Gasteiger partial charge >= 0.3 is 6.03 Å². The quantitative estimate of drug-likeness (QED) is 0.347. The average Bonchev–Trinajstić information content (AvgIpc) is 3.60. The fraction of sp³-hybridized carbons (Fsp3) is 0.200. The minimum Gasteiger partial charge on any atom is -0.346 e. The third kappa shape index (κ3) is 5.24. The molecule has 0 atom stereocenters. The number of amides is 3. The molecule has 2 N–H and O–H groups in total. The lowest BCUT2D eigenvalue weighted by Gasteiger charge is -2.34. The van der Waals surface area contributed by atoms with Crippen LogP contribution >= 0.6 is 0 Å². The molecule has 196 valence electrons. The van der Waals surface area contributed by atoms with E-state index in [4.69, 9.17) is 0 Å². The van der Waals surface area contributed by atoms with E-state index in [-0.39, 0.29) is 11.9 Å². The van der Waals surface area contributed by atoms with Crippen LogP contribution in [-0.4, -0.2) is 67.7 Å². The smallest absolute Gasteiger partial charge is 0.321 e. The summed E-state index contributed by atoms with van der Waals surface area (Å²) in [5.74, 6) is 0.0416. The molecule has 0 aliphatic carbocycles. The Hall–Kier alpha value is -4.92. The van der Waals surface area contributed by atoms with Crippen molar-refractivity contribution in [3.05, 3.63) is 91.0 Å². The number of benzene rings is 2. The second-order valence-electron chi connectivity index (χ2n) is 9.74. The molecule has 0 unspecified atom stereocenters. The van der Waals surface area contributed by atoms with E-state index in [1.807, 2.05) is 65.7 Å². The SMILES string of the molecule is CC(=O)N1CCN(C(=O)Nc2cccc(-c3cnc4[nH]cc(-c5cnn(Cc6ccccc6)c5)c4c3)c2)CC1. The van der Waals surface area contributed by atoms with Crippen LogP contribution < -0.4 is 5.32 Å². The van der Waals surface area contributed by atoms with Crippen LogP contribution in [-0.2, 0) is 11.3 Å². The van der Waals surface area contributed by atoms with Crippen LogP contribution in [0.5, 0.6) is 0 Å². The summed E-state index contributed by atoms with van der Waals surface area (Å²) in [7, 11) is 0. The van der Waals surface area contributed by atoms with E-state index in [0.29, 0.717) is 38.4 Å². The van der Waals surface area contributed by atoms with Crippen molar-refractivity contribution < 1.29 is 9.59 Å². The number of rotatable bonds is 5. The van der Waals surface area contributed by atoms with E-state index >= 15 is 0 Å². The van der Waals surface area contributed by atoms with Crippen molar-refractivity contribution >= 4 is 28.7 Å². The first kappa shape index (κ1) is 24.4. The van der Waals surface area contributed by atoms with Crippen LogP contribution in [0.15, 0.2) is 85.5 Å². The Morgan fingerprint density at radius 3 is 2.49 bits per heavy atom. The third-order valence-electron chi connectivity index (χ3n) is 7.12.